The monoisotopic (exact) mass is 210 g/mol. The highest BCUT2D eigenvalue weighted by atomic mass is 32.2. The number of rotatable bonds is 6. The molecule has 0 saturated heterocycles. The van der Waals surface area contributed by atoms with Gasteiger partial charge >= 0.3 is 0 Å². The van der Waals surface area contributed by atoms with Crippen molar-refractivity contribution in [1.29, 1.82) is 0 Å². The SMILES string of the molecule is CCCSc1ncccc1CNCC. The molecule has 0 aliphatic rings. The van der Waals surface area contributed by atoms with Crippen molar-refractivity contribution in [2.24, 2.45) is 0 Å². The molecule has 3 heteroatoms. The molecule has 0 atom stereocenters. The summed E-state index contributed by atoms with van der Waals surface area (Å²) in [6.07, 6.45) is 3.06. The molecular formula is C11H18N2S. The van der Waals surface area contributed by atoms with Crippen molar-refractivity contribution in [2.75, 3.05) is 12.3 Å². The van der Waals surface area contributed by atoms with Crippen molar-refractivity contribution < 1.29 is 0 Å². The van der Waals surface area contributed by atoms with Crippen LogP contribution in [0.5, 0.6) is 0 Å². The standard InChI is InChI=1S/C11H18N2S/c1-3-8-14-11-10(9-12-4-2)6-5-7-13-11/h5-7,12H,3-4,8-9H2,1-2H3. The zero-order valence-electron chi connectivity index (χ0n) is 8.92. The largest absolute Gasteiger partial charge is 0.313 e. The molecule has 1 N–H and O–H groups in total. The van der Waals surface area contributed by atoms with Crippen LogP contribution in [0, 0.1) is 0 Å². The van der Waals surface area contributed by atoms with Crippen LogP contribution < -0.4 is 5.32 Å². The van der Waals surface area contributed by atoms with Crippen molar-refractivity contribution in [3.63, 3.8) is 0 Å². The number of hydrogen-bond donors (Lipinski definition) is 1. The number of pyridine rings is 1. The van der Waals surface area contributed by atoms with Crippen LogP contribution in [0.1, 0.15) is 25.8 Å². The molecule has 78 valence electrons. The Bertz CT molecular complexity index is 236. The number of hydrogen-bond acceptors (Lipinski definition) is 3. The third-order valence-corrected chi connectivity index (χ3v) is 3.11. The van der Waals surface area contributed by atoms with Gasteiger partial charge in [0.15, 0.2) is 0 Å². The van der Waals surface area contributed by atoms with Gasteiger partial charge in [0.2, 0.25) is 0 Å². The second-order valence-corrected chi connectivity index (χ2v) is 4.18. The number of aromatic nitrogens is 1. The first-order valence-corrected chi connectivity index (χ1v) is 6.14. The Labute approximate surface area is 90.5 Å². The van der Waals surface area contributed by atoms with Crippen LogP contribution in [0.3, 0.4) is 0 Å². The Balaban J connectivity index is 2.60. The zero-order valence-corrected chi connectivity index (χ0v) is 9.73. The highest BCUT2D eigenvalue weighted by Gasteiger charge is 2.01. The second kappa shape index (κ2) is 6.85. The minimum atomic E-state index is 0.927. The van der Waals surface area contributed by atoms with Gasteiger partial charge in [0, 0.05) is 12.7 Å². The summed E-state index contributed by atoms with van der Waals surface area (Å²) in [5.41, 5.74) is 1.31. The van der Waals surface area contributed by atoms with Crippen molar-refractivity contribution in [3.8, 4) is 0 Å². The molecule has 0 saturated carbocycles. The fourth-order valence-corrected chi connectivity index (χ4v) is 2.01. The van der Waals surface area contributed by atoms with Crippen LogP contribution in [0.2, 0.25) is 0 Å². The third kappa shape index (κ3) is 3.68. The van der Waals surface area contributed by atoms with Crippen LogP contribution in [0.4, 0.5) is 0 Å². The highest BCUT2D eigenvalue weighted by Crippen LogP contribution is 2.20. The Kier molecular flexibility index (Phi) is 5.64. The maximum atomic E-state index is 4.39. The van der Waals surface area contributed by atoms with E-state index in [1.165, 1.54) is 17.0 Å². The molecule has 0 fully saturated rings. The Morgan fingerprint density at radius 2 is 2.29 bits per heavy atom. The van der Waals surface area contributed by atoms with E-state index in [0.717, 1.165) is 18.8 Å². The molecule has 1 heterocycles. The molecule has 0 bridgehead atoms. The van der Waals surface area contributed by atoms with E-state index < -0.39 is 0 Å². The Morgan fingerprint density at radius 1 is 1.43 bits per heavy atom. The molecule has 0 amide bonds. The third-order valence-electron chi connectivity index (χ3n) is 1.86. The molecule has 1 rings (SSSR count). The molecule has 14 heavy (non-hydrogen) atoms. The average Bonchev–Trinajstić information content (AvgIpc) is 2.24. The topological polar surface area (TPSA) is 24.9 Å². The maximum absolute atomic E-state index is 4.39. The fourth-order valence-electron chi connectivity index (χ4n) is 1.15. The van der Waals surface area contributed by atoms with Gasteiger partial charge in [-0.15, -0.1) is 11.8 Å². The summed E-state index contributed by atoms with van der Waals surface area (Å²) >= 11 is 1.85. The number of nitrogens with zero attached hydrogens (tertiary/aromatic N) is 1. The lowest BCUT2D eigenvalue weighted by Gasteiger charge is -2.07. The van der Waals surface area contributed by atoms with Crippen molar-refractivity contribution in [3.05, 3.63) is 23.9 Å². The van der Waals surface area contributed by atoms with Gasteiger partial charge in [-0.05, 0) is 30.3 Å². The maximum Gasteiger partial charge on any atom is 0.100 e. The fraction of sp³-hybridized carbons (Fsp3) is 0.545. The van der Waals surface area contributed by atoms with Gasteiger partial charge in [0.1, 0.15) is 5.03 Å². The van der Waals surface area contributed by atoms with E-state index in [2.05, 4.69) is 30.2 Å². The summed E-state index contributed by atoms with van der Waals surface area (Å²) in [4.78, 5) is 4.39. The lowest BCUT2D eigenvalue weighted by molar-refractivity contribution is 0.711. The summed E-state index contributed by atoms with van der Waals surface area (Å²) in [7, 11) is 0. The van der Waals surface area contributed by atoms with E-state index in [0.29, 0.717) is 0 Å². The second-order valence-electron chi connectivity index (χ2n) is 3.10. The molecule has 0 aliphatic carbocycles. The molecule has 0 aliphatic heterocycles. The number of nitrogens with one attached hydrogen (secondary N) is 1. The van der Waals surface area contributed by atoms with E-state index in [1.54, 1.807) is 0 Å². The molecule has 1 aromatic rings. The quantitative estimate of drug-likeness (QED) is 0.731. The van der Waals surface area contributed by atoms with Crippen LogP contribution in [-0.2, 0) is 6.54 Å². The highest BCUT2D eigenvalue weighted by molar-refractivity contribution is 7.99. The molecule has 1 aromatic heterocycles. The minimum Gasteiger partial charge on any atom is -0.313 e. The van der Waals surface area contributed by atoms with Crippen LogP contribution in [-0.4, -0.2) is 17.3 Å². The van der Waals surface area contributed by atoms with Gasteiger partial charge in [0.25, 0.3) is 0 Å². The van der Waals surface area contributed by atoms with E-state index in [9.17, 15) is 0 Å². The minimum absolute atomic E-state index is 0.927. The Morgan fingerprint density at radius 3 is 3.00 bits per heavy atom. The Hall–Kier alpha value is -0.540. The first-order chi connectivity index (χ1) is 6.88. The van der Waals surface area contributed by atoms with E-state index >= 15 is 0 Å². The summed E-state index contributed by atoms with van der Waals surface area (Å²) in [6, 6.07) is 4.15. The first kappa shape index (κ1) is 11.5. The van der Waals surface area contributed by atoms with Gasteiger partial charge in [-0.25, -0.2) is 4.98 Å². The van der Waals surface area contributed by atoms with E-state index in [1.807, 2.05) is 24.0 Å². The smallest absolute Gasteiger partial charge is 0.100 e. The summed E-state index contributed by atoms with van der Waals surface area (Å²) in [5.74, 6) is 1.15. The zero-order chi connectivity index (χ0) is 10.2. The van der Waals surface area contributed by atoms with Crippen molar-refractivity contribution >= 4 is 11.8 Å². The van der Waals surface area contributed by atoms with Crippen LogP contribution in [0.25, 0.3) is 0 Å². The molecule has 0 radical (unpaired) electrons. The van der Waals surface area contributed by atoms with Gasteiger partial charge in [0.05, 0.1) is 0 Å². The summed E-state index contributed by atoms with van der Waals surface area (Å²) in [5, 5.41) is 4.50. The van der Waals surface area contributed by atoms with Gasteiger partial charge < -0.3 is 5.32 Å². The molecular weight excluding hydrogens is 192 g/mol. The van der Waals surface area contributed by atoms with Gasteiger partial charge in [-0.2, -0.15) is 0 Å². The molecule has 0 aromatic carbocycles. The lowest BCUT2D eigenvalue weighted by atomic mass is 10.3. The summed E-state index contributed by atoms with van der Waals surface area (Å²) in [6.45, 7) is 6.25. The van der Waals surface area contributed by atoms with Gasteiger partial charge in [-0.1, -0.05) is 19.9 Å². The predicted molar refractivity (Wildman–Crippen MR) is 62.6 cm³/mol. The van der Waals surface area contributed by atoms with Crippen molar-refractivity contribution in [1.82, 2.24) is 10.3 Å². The molecule has 2 nitrogen and oxygen atoms in total. The molecule has 0 spiro atoms. The van der Waals surface area contributed by atoms with E-state index in [4.69, 9.17) is 0 Å². The summed E-state index contributed by atoms with van der Waals surface area (Å²) < 4.78 is 0. The first-order valence-electron chi connectivity index (χ1n) is 5.15. The predicted octanol–water partition coefficient (Wildman–Crippen LogP) is 2.69. The number of thioether (sulfide) groups is 1. The molecule has 0 unspecified atom stereocenters. The lowest BCUT2D eigenvalue weighted by Crippen LogP contribution is -2.12. The normalized spacial score (nSPS) is 10.4. The van der Waals surface area contributed by atoms with Gasteiger partial charge in [-0.3, -0.25) is 0 Å². The van der Waals surface area contributed by atoms with Crippen molar-refractivity contribution in [2.45, 2.75) is 31.8 Å². The van der Waals surface area contributed by atoms with Crippen LogP contribution >= 0.6 is 11.8 Å². The van der Waals surface area contributed by atoms with Crippen LogP contribution in [0.15, 0.2) is 23.4 Å². The average molecular weight is 210 g/mol. The van der Waals surface area contributed by atoms with E-state index in [-0.39, 0.29) is 0 Å².